The van der Waals surface area contributed by atoms with Gasteiger partial charge in [-0.3, -0.25) is 9.36 Å². The summed E-state index contributed by atoms with van der Waals surface area (Å²) in [5.74, 6) is -0.527. The van der Waals surface area contributed by atoms with Crippen molar-refractivity contribution in [3.63, 3.8) is 0 Å². The van der Waals surface area contributed by atoms with Crippen LogP contribution >= 0.6 is 0 Å². The molecule has 0 aliphatic carbocycles. The molecule has 0 bridgehead atoms. The first-order valence-corrected chi connectivity index (χ1v) is 12.5. The maximum absolute atomic E-state index is 13.2. The average molecular weight is 472 g/mol. The molecule has 2 aromatic carbocycles. The van der Waals surface area contributed by atoms with E-state index in [0.29, 0.717) is 24.3 Å². The molecular weight excluding hydrogens is 442 g/mol. The fourth-order valence-corrected chi connectivity index (χ4v) is 6.22. The van der Waals surface area contributed by atoms with Gasteiger partial charge in [-0.05, 0) is 61.4 Å². The lowest BCUT2D eigenvalue weighted by Crippen LogP contribution is -2.42. The van der Waals surface area contributed by atoms with Crippen LogP contribution in [0.3, 0.4) is 0 Å². The molecule has 0 saturated carbocycles. The van der Waals surface area contributed by atoms with Gasteiger partial charge < -0.3 is 9.73 Å². The Hall–Kier alpha value is -2.91. The number of hydrogen-bond donors (Lipinski definition) is 1. The summed E-state index contributed by atoms with van der Waals surface area (Å²) < 4.78 is 34.4. The molecule has 1 aliphatic heterocycles. The monoisotopic (exact) mass is 471 g/mol. The van der Waals surface area contributed by atoms with E-state index in [2.05, 4.69) is 5.32 Å². The molecule has 4 rings (SSSR count). The highest BCUT2D eigenvalue weighted by atomic mass is 32.2. The van der Waals surface area contributed by atoms with Gasteiger partial charge in [0.15, 0.2) is 5.58 Å². The van der Waals surface area contributed by atoms with Crippen molar-refractivity contribution in [1.29, 1.82) is 0 Å². The van der Waals surface area contributed by atoms with Crippen LogP contribution in [0, 0.1) is 25.7 Å². The Labute approximate surface area is 193 Å². The number of nitrogens with zero attached hydrogens (tertiary/aromatic N) is 2. The fourth-order valence-electron chi connectivity index (χ4n) is 4.53. The largest absolute Gasteiger partial charge is 0.420 e. The summed E-state index contributed by atoms with van der Waals surface area (Å²) in [7, 11) is -3.71. The summed E-state index contributed by atoms with van der Waals surface area (Å²) in [6.45, 7) is 8.65. The number of anilines is 1. The lowest BCUT2D eigenvalue weighted by molar-refractivity contribution is -0.116. The predicted octanol–water partition coefficient (Wildman–Crippen LogP) is 3.52. The van der Waals surface area contributed by atoms with Crippen molar-refractivity contribution in [2.24, 2.45) is 11.8 Å². The van der Waals surface area contributed by atoms with Gasteiger partial charge in [0.1, 0.15) is 6.54 Å². The third kappa shape index (κ3) is 4.60. The summed E-state index contributed by atoms with van der Waals surface area (Å²) in [5.41, 5.74) is 3.18. The van der Waals surface area contributed by atoms with E-state index in [-0.39, 0.29) is 34.8 Å². The Balaban J connectivity index is 1.59. The molecule has 1 fully saturated rings. The fraction of sp³-hybridized carbons (Fsp3) is 0.417. The molecule has 2 heterocycles. The molecule has 1 aromatic heterocycles. The number of hydrogen-bond acceptors (Lipinski definition) is 5. The number of aryl methyl sites for hydroxylation is 1. The second kappa shape index (κ2) is 8.79. The third-order valence-corrected chi connectivity index (χ3v) is 8.12. The highest BCUT2D eigenvalue weighted by Gasteiger charge is 2.32. The number of oxazole rings is 1. The van der Waals surface area contributed by atoms with E-state index >= 15 is 0 Å². The Bertz CT molecular complexity index is 1360. The summed E-state index contributed by atoms with van der Waals surface area (Å²) in [4.78, 5) is 25.2. The van der Waals surface area contributed by atoms with Crippen LogP contribution in [0.25, 0.3) is 11.1 Å². The van der Waals surface area contributed by atoms with Crippen molar-refractivity contribution in [2.75, 3.05) is 18.4 Å². The SMILES string of the molecule is Cc1cccc(NC(=O)Cn2c(=O)oc3cc(S(=O)(=O)N4C[C@H](C)C[C@@H](C)C4)ccc32)c1C. The van der Waals surface area contributed by atoms with Crippen molar-refractivity contribution >= 4 is 32.7 Å². The number of sulfonamides is 1. The number of aromatic nitrogens is 1. The van der Waals surface area contributed by atoms with Crippen LogP contribution in [0.5, 0.6) is 0 Å². The number of fused-ring (bicyclic) bond motifs is 1. The average Bonchev–Trinajstić information content (AvgIpc) is 3.05. The second-order valence-electron chi connectivity index (χ2n) is 9.15. The number of rotatable bonds is 5. The molecule has 9 heteroatoms. The third-order valence-electron chi connectivity index (χ3n) is 6.29. The highest BCUT2D eigenvalue weighted by Crippen LogP contribution is 2.28. The van der Waals surface area contributed by atoms with Crippen LogP contribution in [0.2, 0.25) is 0 Å². The van der Waals surface area contributed by atoms with E-state index in [9.17, 15) is 18.0 Å². The standard InChI is InChI=1S/C24H29N3O5S/c1-15-10-16(2)13-26(12-15)33(30,31)19-8-9-21-22(11-19)32-24(29)27(21)14-23(28)25-20-7-5-6-17(3)18(20)4/h5-9,11,15-16H,10,12-14H2,1-4H3,(H,25,28)/t15-,16-/m1/s1. The summed E-state index contributed by atoms with van der Waals surface area (Å²) in [6, 6.07) is 9.97. The zero-order valence-corrected chi connectivity index (χ0v) is 20.1. The highest BCUT2D eigenvalue weighted by molar-refractivity contribution is 7.89. The molecule has 1 aliphatic rings. The Morgan fingerprint density at radius 2 is 1.82 bits per heavy atom. The van der Waals surface area contributed by atoms with Crippen molar-refractivity contribution < 1.29 is 17.6 Å². The Morgan fingerprint density at radius 1 is 1.12 bits per heavy atom. The lowest BCUT2D eigenvalue weighted by Gasteiger charge is -2.34. The van der Waals surface area contributed by atoms with Gasteiger partial charge in [-0.25, -0.2) is 13.2 Å². The summed E-state index contributed by atoms with van der Waals surface area (Å²) in [5, 5.41) is 2.83. The van der Waals surface area contributed by atoms with Gasteiger partial charge in [-0.15, -0.1) is 0 Å². The predicted molar refractivity (Wildman–Crippen MR) is 127 cm³/mol. The molecule has 0 spiro atoms. The van der Waals surface area contributed by atoms with Gasteiger partial charge in [0.25, 0.3) is 0 Å². The molecule has 3 aromatic rings. The van der Waals surface area contributed by atoms with Gasteiger partial charge in [0.2, 0.25) is 15.9 Å². The normalized spacial score (nSPS) is 19.6. The van der Waals surface area contributed by atoms with Gasteiger partial charge in [0, 0.05) is 24.8 Å². The van der Waals surface area contributed by atoms with Crippen molar-refractivity contribution in [2.45, 2.75) is 45.6 Å². The number of nitrogens with one attached hydrogen (secondary N) is 1. The van der Waals surface area contributed by atoms with Gasteiger partial charge in [-0.2, -0.15) is 4.31 Å². The molecule has 1 N–H and O–H groups in total. The number of carbonyl (C=O) groups is 1. The molecule has 176 valence electrons. The Morgan fingerprint density at radius 3 is 2.52 bits per heavy atom. The van der Waals surface area contributed by atoms with E-state index < -0.39 is 15.8 Å². The molecule has 33 heavy (non-hydrogen) atoms. The molecular formula is C24H29N3O5S. The Kier molecular flexibility index (Phi) is 6.20. The molecule has 8 nitrogen and oxygen atoms in total. The number of amides is 1. The van der Waals surface area contributed by atoms with E-state index in [1.807, 2.05) is 39.8 Å². The van der Waals surface area contributed by atoms with E-state index in [1.54, 1.807) is 6.07 Å². The van der Waals surface area contributed by atoms with Crippen LogP contribution in [0.15, 0.2) is 50.5 Å². The summed E-state index contributed by atoms with van der Waals surface area (Å²) in [6.07, 6.45) is 0.993. The van der Waals surface area contributed by atoms with Crippen LogP contribution < -0.4 is 11.1 Å². The number of carbonyl (C=O) groups excluding carboxylic acids is 1. The first kappa shape index (κ1) is 23.3. The van der Waals surface area contributed by atoms with E-state index in [0.717, 1.165) is 17.5 Å². The molecule has 2 atom stereocenters. The van der Waals surface area contributed by atoms with Crippen molar-refractivity contribution in [3.8, 4) is 0 Å². The second-order valence-corrected chi connectivity index (χ2v) is 11.1. The number of benzene rings is 2. The minimum atomic E-state index is -3.71. The van der Waals surface area contributed by atoms with Gasteiger partial charge in [0.05, 0.1) is 10.4 Å². The molecule has 0 unspecified atom stereocenters. The topological polar surface area (TPSA) is 102 Å². The first-order chi connectivity index (χ1) is 15.6. The maximum atomic E-state index is 13.2. The smallest absolute Gasteiger partial charge is 0.408 e. The molecule has 0 radical (unpaired) electrons. The van der Waals surface area contributed by atoms with Gasteiger partial charge >= 0.3 is 5.76 Å². The molecule has 1 saturated heterocycles. The zero-order valence-electron chi connectivity index (χ0n) is 19.3. The van der Waals surface area contributed by atoms with E-state index in [1.165, 1.54) is 27.1 Å². The van der Waals surface area contributed by atoms with Crippen LogP contribution in [-0.4, -0.2) is 36.3 Å². The maximum Gasteiger partial charge on any atom is 0.420 e. The van der Waals surface area contributed by atoms with Crippen LogP contribution in [0.1, 0.15) is 31.4 Å². The summed E-state index contributed by atoms with van der Waals surface area (Å²) >= 11 is 0. The minimum Gasteiger partial charge on any atom is -0.408 e. The van der Waals surface area contributed by atoms with Crippen LogP contribution in [-0.2, 0) is 21.4 Å². The van der Waals surface area contributed by atoms with Crippen molar-refractivity contribution in [1.82, 2.24) is 8.87 Å². The van der Waals surface area contributed by atoms with E-state index in [4.69, 9.17) is 4.42 Å². The van der Waals surface area contributed by atoms with Gasteiger partial charge in [-0.1, -0.05) is 26.0 Å². The minimum absolute atomic E-state index is 0.0806. The number of piperidine rings is 1. The quantitative estimate of drug-likeness (QED) is 0.614. The lowest BCUT2D eigenvalue weighted by atomic mass is 9.94. The van der Waals surface area contributed by atoms with Crippen LogP contribution in [0.4, 0.5) is 5.69 Å². The zero-order chi connectivity index (χ0) is 23.9. The van der Waals surface area contributed by atoms with Crippen molar-refractivity contribution in [3.05, 3.63) is 58.1 Å². The molecule has 1 amide bonds. The first-order valence-electron chi connectivity index (χ1n) is 11.1.